The standard InChI is InChI=1S/C17H14N2O3/c1-20-13-10-14(21-16-6-2-4-8-18-16)12-15(11-13)22-17-7-3-5-9-19-17/h2-12H,1H3. The molecule has 0 fully saturated rings. The van der Waals surface area contributed by atoms with Crippen LogP contribution in [0.15, 0.2) is 67.0 Å². The molecule has 5 nitrogen and oxygen atoms in total. The predicted octanol–water partition coefficient (Wildman–Crippen LogP) is 4.07. The third-order valence-electron chi connectivity index (χ3n) is 2.81. The Bertz CT molecular complexity index is 674. The molecule has 0 aliphatic carbocycles. The summed E-state index contributed by atoms with van der Waals surface area (Å²) in [5.41, 5.74) is 0. The van der Waals surface area contributed by atoms with Gasteiger partial charge in [0.2, 0.25) is 11.8 Å². The van der Waals surface area contributed by atoms with Crippen molar-refractivity contribution in [2.45, 2.75) is 0 Å². The maximum Gasteiger partial charge on any atom is 0.219 e. The molecule has 0 spiro atoms. The van der Waals surface area contributed by atoms with Gasteiger partial charge in [0.1, 0.15) is 17.2 Å². The van der Waals surface area contributed by atoms with Crippen molar-refractivity contribution in [1.82, 2.24) is 9.97 Å². The smallest absolute Gasteiger partial charge is 0.219 e. The lowest BCUT2D eigenvalue weighted by molar-refractivity contribution is 0.397. The van der Waals surface area contributed by atoms with E-state index in [9.17, 15) is 0 Å². The van der Waals surface area contributed by atoms with E-state index in [1.807, 2.05) is 24.3 Å². The van der Waals surface area contributed by atoms with E-state index in [1.54, 1.807) is 49.8 Å². The van der Waals surface area contributed by atoms with Crippen LogP contribution in [0.5, 0.6) is 29.0 Å². The Morgan fingerprint density at radius 3 is 1.59 bits per heavy atom. The minimum Gasteiger partial charge on any atom is -0.496 e. The van der Waals surface area contributed by atoms with Crippen LogP contribution in [-0.4, -0.2) is 17.1 Å². The Labute approximate surface area is 128 Å². The van der Waals surface area contributed by atoms with Crippen LogP contribution >= 0.6 is 0 Å². The van der Waals surface area contributed by atoms with E-state index in [-0.39, 0.29) is 0 Å². The van der Waals surface area contributed by atoms with Gasteiger partial charge in [-0.25, -0.2) is 9.97 Å². The molecule has 3 rings (SSSR count). The van der Waals surface area contributed by atoms with Crippen molar-refractivity contribution in [2.24, 2.45) is 0 Å². The van der Waals surface area contributed by atoms with Crippen molar-refractivity contribution in [3.05, 3.63) is 67.0 Å². The zero-order valence-electron chi connectivity index (χ0n) is 12.0. The lowest BCUT2D eigenvalue weighted by Gasteiger charge is -2.10. The number of benzene rings is 1. The van der Waals surface area contributed by atoms with Gasteiger partial charge in [0.25, 0.3) is 0 Å². The topological polar surface area (TPSA) is 53.5 Å². The quantitative estimate of drug-likeness (QED) is 0.710. The molecule has 0 bridgehead atoms. The van der Waals surface area contributed by atoms with E-state index in [2.05, 4.69) is 9.97 Å². The SMILES string of the molecule is COc1cc(Oc2ccccn2)cc(Oc2ccccn2)c1. The predicted molar refractivity (Wildman–Crippen MR) is 81.6 cm³/mol. The highest BCUT2D eigenvalue weighted by atomic mass is 16.5. The van der Waals surface area contributed by atoms with Gasteiger partial charge in [0.15, 0.2) is 0 Å². The summed E-state index contributed by atoms with van der Waals surface area (Å²) in [4.78, 5) is 8.25. The van der Waals surface area contributed by atoms with Gasteiger partial charge in [-0.1, -0.05) is 12.1 Å². The van der Waals surface area contributed by atoms with Crippen LogP contribution in [0.2, 0.25) is 0 Å². The van der Waals surface area contributed by atoms with Gasteiger partial charge >= 0.3 is 0 Å². The van der Waals surface area contributed by atoms with Crippen LogP contribution in [0, 0.1) is 0 Å². The average molecular weight is 294 g/mol. The molecule has 3 aromatic rings. The van der Waals surface area contributed by atoms with Gasteiger partial charge in [0.05, 0.1) is 7.11 Å². The summed E-state index contributed by atoms with van der Waals surface area (Å²) >= 11 is 0. The molecule has 0 saturated carbocycles. The number of hydrogen-bond donors (Lipinski definition) is 0. The van der Waals surface area contributed by atoms with Gasteiger partial charge in [-0.05, 0) is 12.1 Å². The second-order valence-electron chi connectivity index (χ2n) is 4.38. The molecule has 1 aromatic carbocycles. The number of ether oxygens (including phenoxy) is 3. The van der Waals surface area contributed by atoms with Crippen LogP contribution in [-0.2, 0) is 0 Å². The van der Waals surface area contributed by atoms with Crippen molar-refractivity contribution >= 4 is 0 Å². The fourth-order valence-corrected chi connectivity index (χ4v) is 1.84. The van der Waals surface area contributed by atoms with Crippen molar-refractivity contribution in [2.75, 3.05) is 7.11 Å². The zero-order valence-corrected chi connectivity index (χ0v) is 12.0. The highest BCUT2D eigenvalue weighted by Crippen LogP contribution is 2.32. The summed E-state index contributed by atoms with van der Waals surface area (Å²) in [6.45, 7) is 0. The summed E-state index contributed by atoms with van der Waals surface area (Å²) in [6.07, 6.45) is 3.33. The van der Waals surface area contributed by atoms with Gasteiger partial charge in [-0.15, -0.1) is 0 Å². The molecule has 0 aliphatic heterocycles. The molecule has 0 radical (unpaired) electrons. The van der Waals surface area contributed by atoms with Crippen LogP contribution in [0.3, 0.4) is 0 Å². The Balaban J connectivity index is 1.86. The second-order valence-corrected chi connectivity index (χ2v) is 4.38. The number of aromatic nitrogens is 2. The first-order valence-electron chi connectivity index (χ1n) is 6.70. The first-order valence-corrected chi connectivity index (χ1v) is 6.70. The summed E-state index contributed by atoms with van der Waals surface area (Å²) in [5, 5.41) is 0. The van der Waals surface area contributed by atoms with Crippen molar-refractivity contribution < 1.29 is 14.2 Å². The van der Waals surface area contributed by atoms with E-state index in [1.165, 1.54) is 0 Å². The lowest BCUT2D eigenvalue weighted by atomic mass is 10.3. The first kappa shape index (κ1) is 13.9. The summed E-state index contributed by atoms with van der Waals surface area (Å²) < 4.78 is 16.7. The fourth-order valence-electron chi connectivity index (χ4n) is 1.84. The molecule has 110 valence electrons. The van der Waals surface area contributed by atoms with Gasteiger partial charge in [0, 0.05) is 42.7 Å². The minimum atomic E-state index is 0.500. The van der Waals surface area contributed by atoms with E-state index < -0.39 is 0 Å². The molecule has 2 heterocycles. The van der Waals surface area contributed by atoms with E-state index >= 15 is 0 Å². The lowest BCUT2D eigenvalue weighted by Crippen LogP contribution is -1.92. The molecule has 0 N–H and O–H groups in total. The highest BCUT2D eigenvalue weighted by Gasteiger charge is 2.06. The van der Waals surface area contributed by atoms with Crippen LogP contribution in [0.25, 0.3) is 0 Å². The molecule has 0 unspecified atom stereocenters. The maximum atomic E-state index is 5.71. The Hall–Kier alpha value is -3.08. The van der Waals surface area contributed by atoms with Crippen molar-refractivity contribution in [1.29, 1.82) is 0 Å². The van der Waals surface area contributed by atoms with E-state index in [0.717, 1.165) is 0 Å². The van der Waals surface area contributed by atoms with Crippen LogP contribution in [0.4, 0.5) is 0 Å². The third-order valence-corrected chi connectivity index (χ3v) is 2.81. The molecule has 2 aromatic heterocycles. The molecule has 22 heavy (non-hydrogen) atoms. The molecular weight excluding hydrogens is 280 g/mol. The second kappa shape index (κ2) is 6.58. The van der Waals surface area contributed by atoms with Gasteiger partial charge in [-0.3, -0.25) is 0 Å². The zero-order chi connectivity index (χ0) is 15.2. The molecular formula is C17H14N2O3. The molecule has 5 heteroatoms. The Morgan fingerprint density at radius 1 is 0.682 bits per heavy atom. The molecule has 0 aliphatic rings. The Kier molecular flexibility index (Phi) is 4.15. The summed E-state index contributed by atoms with van der Waals surface area (Å²) in [7, 11) is 1.59. The van der Waals surface area contributed by atoms with Gasteiger partial charge in [-0.2, -0.15) is 0 Å². The monoisotopic (exact) mass is 294 g/mol. The van der Waals surface area contributed by atoms with Crippen molar-refractivity contribution in [3.63, 3.8) is 0 Å². The van der Waals surface area contributed by atoms with E-state index in [4.69, 9.17) is 14.2 Å². The van der Waals surface area contributed by atoms with Crippen molar-refractivity contribution in [3.8, 4) is 29.0 Å². The van der Waals surface area contributed by atoms with Gasteiger partial charge < -0.3 is 14.2 Å². The number of pyridine rings is 2. The average Bonchev–Trinajstić information content (AvgIpc) is 2.56. The number of hydrogen-bond acceptors (Lipinski definition) is 5. The minimum absolute atomic E-state index is 0.500. The summed E-state index contributed by atoms with van der Waals surface area (Å²) in [5.74, 6) is 2.77. The normalized spacial score (nSPS) is 10.0. The fraction of sp³-hybridized carbons (Fsp3) is 0.0588. The summed E-state index contributed by atoms with van der Waals surface area (Å²) in [6, 6.07) is 16.2. The number of methoxy groups -OCH3 is 1. The molecule has 0 amide bonds. The largest absolute Gasteiger partial charge is 0.496 e. The van der Waals surface area contributed by atoms with E-state index in [0.29, 0.717) is 29.0 Å². The molecule has 0 saturated heterocycles. The number of nitrogens with zero attached hydrogens (tertiary/aromatic N) is 2. The molecule has 0 atom stereocenters. The highest BCUT2D eigenvalue weighted by molar-refractivity contribution is 5.44. The van der Waals surface area contributed by atoms with Crippen LogP contribution in [0.1, 0.15) is 0 Å². The number of rotatable bonds is 5. The third kappa shape index (κ3) is 3.52. The van der Waals surface area contributed by atoms with Crippen LogP contribution < -0.4 is 14.2 Å². The maximum absolute atomic E-state index is 5.71. The Morgan fingerprint density at radius 2 is 1.18 bits per heavy atom. The first-order chi connectivity index (χ1) is 10.8.